The molecule has 0 saturated carbocycles. The lowest BCUT2D eigenvalue weighted by Gasteiger charge is -2.21. The molecule has 0 saturated heterocycles. The molecule has 3 N–H and O–H groups in total. The number of amides is 1. The summed E-state index contributed by atoms with van der Waals surface area (Å²) >= 11 is 4.89. The highest BCUT2D eigenvalue weighted by Gasteiger charge is 2.33. The van der Waals surface area contributed by atoms with Crippen molar-refractivity contribution in [3.05, 3.63) is 74.8 Å². The fraction of sp³-hybridized carbons (Fsp3) is 0.167. The Kier molecular flexibility index (Phi) is 5.13. The number of carbonyl (C=O) groups is 1. The van der Waals surface area contributed by atoms with E-state index in [1.54, 1.807) is 18.2 Å². The molecule has 140 valence electrons. The number of hydrogen-bond acceptors (Lipinski definition) is 3. The molecule has 0 aliphatic heterocycles. The second-order valence-corrected chi connectivity index (χ2v) is 6.33. The number of aromatic nitrogens is 2. The molecular formula is C18H14F3N3O2S. The number of carbonyl (C=O) groups excluding carboxylic acids is 1. The average Bonchev–Trinajstić information content (AvgIpc) is 2.60. The molecule has 9 heteroatoms. The summed E-state index contributed by atoms with van der Waals surface area (Å²) < 4.78 is 38.9. The number of alkyl halides is 3. The van der Waals surface area contributed by atoms with Crippen molar-refractivity contribution in [3.8, 4) is 0 Å². The van der Waals surface area contributed by atoms with E-state index in [2.05, 4.69) is 15.3 Å². The molecule has 0 aliphatic carbocycles. The minimum Gasteiger partial charge on any atom is -0.345 e. The zero-order valence-electron chi connectivity index (χ0n) is 13.8. The Morgan fingerprint density at radius 2 is 1.81 bits per heavy atom. The van der Waals surface area contributed by atoms with E-state index in [0.717, 1.165) is 0 Å². The Hall–Kier alpha value is -2.94. The van der Waals surface area contributed by atoms with Crippen LogP contribution in [0.3, 0.4) is 0 Å². The summed E-state index contributed by atoms with van der Waals surface area (Å²) in [5.74, 6) is -0.686. The highest BCUT2D eigenvalue weighted by molar-refractivity contribution is 7.71. The van der Waals surface area contributed by atoms with E-state index in [4.69, 9.17) is 12.2 Å². The van der Waals surface area contributed by atoms with Gasteiger partial charge in [-0.1, -0.05) is 30.3 Å². The number of H-pyrrole nitrogens is 2. The predicted molar refractivity (Wildman–Crippen MR) is 97.1 cm³/mol. The topological polar surface area (TPSA) is 77.8 Å². The molecule has 0 bridgehead atoms. The lowest BCUT2D eigenvalue weighted by atomic mass is 10.0. The summed E-state index contributed by atoms with van der Waals surface area (Å²) in [5, 5.41) is 2.70. The normalized spacial score (nSPS) is 12.7. The third kappa shape index (κ3) is 4.62. The molecule has 1 aromatic heterocycles. The molecule has 1 atom stereocenters. The van der Waals surface area contributed by atoms with Crippen LogP contribution in [0.5, 0.6) is 0 Å². The molecule has 5 nitrogen and oxygen atoms in total. The van der Waals surface area contributed by atoms with Gasteiger partial charge < -0.3 is 10.3 Å². The van der Waals surface area contributed by atoms with Crippen molar-refractivity contribution in [2.45, 2.75) is 18.6 Å². The number of fused-ring (bicyclic) bond motifs is 1. The maximum atomic E-state index is 12.9. The summed E-state index contributed by atoms with van der Waals surface area (Å²) in [5.41, 5.74) is 0.366. The van der Waals surface area contributed by atoms with E-state index in [1.807, 2.05) is 0 Å². The van der Waals surface area contributed by atoms with Crippen molar-refractivity contribution in [1.29, 1.82) is 0 Å². The lowest BCUT2D eigenvalue weighted by Crippen LogP contribution is -2.32. The fourth-order valence-corrected chi connectivity index (χ4v) is 2.92. The van der Waals surface area contributed by atoms with Gasteiger partial charge in [-0.05, 0) is 36.0 Å². The minimum atomic E-state index is -4.45. The van der Waals surface area contributed by atoms with Crippen LogP contribution in [-0.2, 0) is 0 Å². The molecule has 0 spiro atoms. The van der Waals surface area contributed by atoms with Crippen molar-refractivity contribution >= 4 is 29.0 Å². The van der Waals surface area contributed by atoms with Crippen molar-refractivity contribution in [2.75, 3.05) is 0 Å². The first-order valence-electron chi connectivity index (χ1n) is 7.92. The SMILES string of the molecule is O=C(N[C@H](CC(F)(F)F)c1ccccc1)c1ccc2c(=O)[nH]c(=S)[nH]c2c1. The van der Waals surface area contributed by atoms with E-state index in [-0.39, 0.29) is 15.7 Å². The first-order valence-corrected chi connectivity index (χ1v) is 8.33. The second kappa shape index (κ2) is 7.36. The first-order chi connectivity index (χ1) is 12.7. The zero-order valence-corrected chi connectivity index (χ0v) is 14.6. The smallest absolute Gasteiger partial charge is 0.345 e. The van der Waals surface area contributed by atoms with Gasteiger partial charge in [-0.25, -0.2) is 0 Å². The molecule has 0 fully saturated rings. The van der Waals surface area contributed by atoms with Gasteiger partial charge in [-0.15, -0.1) is 0 Å². The van der Waals surface area contributed by atoms with Gasteiger partial charge in [0.05, 0.1) is 23.4 Å². The summed E-state index contributed by atoms with van der Waals surface area (Å²) in [6.07, 6.45) is -5.64. The third-order valence-corrected chi connectivity index (χ3v) is 4.15. The van der Waals surface area contributed by atoms with Gasteiger partial charge in [0, 0.05) is 5.56 Å². The lowest BCUT2D eigenvalue weighted by molar-refractivity contribution is -0.139. The molecular weight excluding hydrogens is 379 g/mol. The predicted octanol–water partition coefficient (Wildman–Crippen LogP) is 4.01. The maximum Gasteiger partial charge on any atom is 0.391 e. The van der Waals surface area contributed by atoms with Gasteiger partial charge in [0.15, 0.2) is 4.77 Å². The van der Waals surface area contributed by atoms with E-state index in [1.165, 1.54) is 30.3 Å². The fourth-order valence-electron chi connectivity index (χ4n) is 2.72. The molecule has 1 heterocycles. The Bertz CT molecular complexity index is 1090. The molecule has 0 unspecified atom stereocenters. The number of benzene rings is 2. The van der Waals surface area contributed by atoms with Crippen LogP contribution in [0, 0.1) is 4.77 Å². The van der Waals surface area contributed by atoms with Crippen LogP contribution >= 0.6 is 12.2 Å². The first kappa shape index (κ1) is 18.8. The Labute approximate surface area is 156 Å². The number of halogens is 3. The highest BCUT2D eigenvalue weighted by atomic mass is 32.1. The summed E-state index contributed by atoms with van der Waals surface area (Å²) in [6.45, 7) is 0. The van der Waals surface area contributed by atoms with Gasteiger partial charge in [0.1, 0.15) is 0 Å². The quantitative estimate of drug-likeness (QED) is 0.586. The van der Waals surface area contributed by atoms with Crippen molar-refractivity contribution in [1.82, 2.24) is 15.3 Å². The molecule has 1 amide bonds. The second-order valence-electron chi connectivity index (χ2n) is 5.92. The molecule has 0 aliphatic rings. The average molecular weight is 393 g/mol. The minimum absolute atomic E-state index is 0.0873. The van der Waals surface area contributed by atoms with E-state index < -0.39 is 30.1 Å². The van der Waals surface area contributed by atoms with Crippen molar-refractivity contribution in [3.63, 3.8) is 0 Å². The van der Waals surface area contributed by atoms with Gasteiger partial charge in [-0.2, -0.15) is 13.2 Å². The highest BCUT2D eigenvalue weighted by Crippen LogP contribution is 2.29. The monoisotopic (exact) mass is 393 g/mol. The van der Waals surface area contributed by atoms with Crippen LogP contribution in [0.4, 0.5) is 13.2 Å². The molecule has 3 aromatic rings. The maximum absolute atomic E-state index is 12.9. The van der Waals surface area contributed by atoms with Crippen LogP contribution in [0.1, 0.15) is 28.4 Å². The summed E-state index contributed by atoms with van der Waals surface area (Å²) in [7, 11) is 0. The zero-order chi connectivity index (χ0) is 19.6. The van der Waals surface area contributed by atoms with Crippen LogP contribution in [0.2, 0.25) is 0 Å². The third-order valence-electron chi connectivity index (χ3n) is 3.94. The molecule has 2 aromatic carbocycles. The van der Waals surface area contributed by atoms with E-state index in [0.29, 0.717) is 11.1 Å². The Morgan fingerprint density at radius 3 is 2.48 bits per heavy atom. The van der Waals surface area contributed by atoms with Crippen LogP contribution in [0.25, 0.3) is 10.9 Å². The van der Waals surface area contributed by atoms with E-state index >= 15 is 0 Å². The van der Waals surface area contributed by atoms with Gasteiger partial charge in [0.25, 0.3) is 11.5 Å². The van der Waals surface area contributed by atoms with E-state index in [9.17, 15) is 22.8 Å². The standard InChI is InChI=1S/C18H14F3N3O2S/c19-18(20,21)9-14(10-4-2-1-3-5-10)22-15(25)11-6-7-12-13(8-11)23-17(27)24-16(12)26/h1-8,14H,9H2,(H,22,25)(H2,23,24,26,27)/t14-/m1/s1. The number of aromatic amines is 2. The summed E-state index contributed by atoms with van der Waals surface area (Å²) in [4.78, 5) is 29.5. The van der Waals surface area contributed by atoms with Crippen LogP contribution in [-0.4, -0.2) is 22.1 Å². The number of hydrogen-bond donors (Lipinski definition) is 3. The van der Waals surface area contributed by atoms with Gasteiger partial charge in [0.2, 0.25) is 0 Å². The van der Waals surface area contributed by atoms with Crippen molar-refractivity contribution < 1.29 is 18.0 Å². The number of rotatable bonds is 4. The van der Waals surface area contributed by atoms with Crippen LogP contribution < -0.4 is 10.9 Å². The Morgan fingerprint density at radius 1 is 1.11 bits per heavy atom. The number of nitrogens with one attached hydrogen (secondary N) is 3. The van der Waals surface area contributed by atoms with Crippen LogP contribution in [0.15, 0.2) is 53.3 Å². The molecule has 27 heavy (non-hydrogen) atoms. The van der Waals surface area contributed by atoms with Gasteiger partial charge >= 0.3 is 6.18 Å². The Balaban J connectivity index is 1.92. The van der Waals surface area contributed by atoms with Crippen molar-refractivity contribution in [2.24, 2.45) is 0 Å². The van der Waals surface area contributed by atoms with Gasteiger partial charge in [-0.3, -0.25) is 14.6 Å². The summed E-state index contributed by atoms with van der Waals surface area (Å²) in [6, 6.07) is 10.9. The molecule has 3 rings (SSSR count). The molecule has 0 radical (unpaired) electrons. The largest absolute Gasteiger partial charge is 0.391 e.